The highest BCUT2D eigenvalue weighted by molar-refractivity contribution is 5.75. The molecule has 1 atom stereocenters. The van der Waals surface area contributed by atoms with E-state index in [0.717, 1.165) is 45.2 Å². The summed E-state index contributed by atoms with van der Waals surface area (Å²) in [5.74, 6) is -0.104. The van der Waals surface area contributed by atoms with Gasteiger partial charge in [-0.2, -0.15) is 0 Å². The Hall–Kier alpha value is -0.570. The van der Waals surface area contributed by atoms with Crippen molar-refractivity contribution < 1.29 is 9.90 Å². The van der Waals surface area contributed by atoms with Gasteiger partial charge in [0, 0.05) is 0 Å². The summed E-state index contributed by atoms with van der Waals surface area (Å²) in [5.41, 5.74) is -0.403. The third-order valence-electron chi connectivity index (χ3n) is 4.29. The molecule has 2 fully saturated rings. The van der Waals surface area contributed by atoms with Crippen molar-refractivity contribution in [3.63, 3.8) is 0 Å². The summed E-state index contributed by atoms with van der Waals surface area (Å²) in [6, 6.07) is 0. The lowest BCUT2D eigenvalue weighted by Gasteiger charge is -2.34. The van der Waals surface area contributed by atoms with E-state index >= 15 is 0 Å². The van der Waals surface area contributed by atoms with Crippen LogP contribution in [0.1, 0.15) is 44.9 Å². The lowest BCUT2D eigenvalue weighted by molar-refractivity contribution is -0.153. The largest absolute Gasteiger partial charge is 0.481 e. The average molecular weight is 211 g/mol. The van der Waals surface area contributed by atoms with Gasteiger partial charge in [0.1, 0.15) is 0 Å². The molecule has 2 N–H and O–H groups in total. The Morgan fingerprint density at radius 2 is 1.87 bits per heavy atom. The van der Waals surface area contributed by atoms with Crippen LogP contribution in [0.3, 0.4) is 0 Å². The second kappa shape index (κ2) is 4.52. The number of carboxylic acid groups (broad SMARTS) is 1. The van der Waals surface area contributed by atoms with Crippen LogP contribution in [0.15, 0.2) is 0 Å². The van der Waals surface area contributed by atoms with Crippen LogP contribution in [0.2, 0.25) is 0 Å². The Bertz CT molecular complexity index is 226. The zero-order chi connectivity index (χ0) is 10.7. The Labute approximate surface area is 91.2 Å². The van der Waals surface area contributed by atoms with Gasteiger partial charge in [-0.25, -0.2) is 0 Å². The minimum atomic E-state index is -0.543. The quantitative estimate of drug-likeness (QED) is 0.734. The topological polar surface area (TPSA) is 49.3 Å². The molecule has 0 aromatic heterocycles. The monoisotopic (exact) mass is 211 g/mol. The molecular weight excluding hydrogens is 190 g/mol. The smallest absolute Gasteiger partial charge is 0.309 e. The Balaban J connectivity index is 2.16. The SMILES string of the molecule is O=C(O)C1(C2CCCC2)CCCNCC1. The fourth-order valence-corrected chi connectivity index (χ4v) is 3.37. The summed E-state index contributed by atoms with van der Waals surface area (Å²) in [6.07, 6.45) is 7.44. The van der Waals surface area contributed by atoms with Gasteiger partial charge in [-0.1, -0.05) is 12.8 Å². The molecule has 1 aliphatic heterocycles. The van der Waals surface area contributed by atoms with Crippen LogP contribution in [-0.2, 0) is 4.79 Å². The van der Waals surface area contributed by atoms with E-state index in [1.807, 2.05) is 0 Å². The predicted molar refractivity (Wildman–Crippen MR) is 58.7 cm³/mol. The number of carbonyl (C=O) groups is 1. The predicted octanol–water partition coefficient (Wildman–Crippen LogP) is 2.02. The van der Waals surface area contributed by atoms with Crippen LogP contribution in [0.25, 0.3) is 0 Å². The third kappa shape index (κ3) is 2.03. The molecular formula is C12H21NO2. The first-order valence-electron chi connectivity index (χ1n) is 6.20. The Morgan fingerprint density at radius 1 is 1.13 bits per heavy atom. The molecule has 1 unspecified atom stereocenters. The standard InChI is InChI=1S/C12H21NO2/c14-11(15)12(10-4-1-2-5-10)6-3-8-13-9-7-12/h10,13H,1-9H2,(H,14,15). The van der Waals surface area contributed by atoms with Gasteiger partial charge in [0.05, 0.1) is 5.41 Å². The first-order chi connectivity index (χ1) is 7.26. The van der Waals surface area contributed by atoms with Crippen molar-refractivity contribution >= 4 is 5.97 Å². The summed E-state index contributed by atoms with van der Waals surface area (Å²) in [6.45, 7) is 1.87. The molecule has 1 saturated heterocycles. The molecule has 3 nitrogen and oxygen atoms in total. The van der Waals surface area contributed by atoms with Crippen LogP contribution in [0, 0.1) is 11.3 Å². The highest BCUT2D eigenvalue weighted by Gasteiger charge is 2.46. The minimum absolute atomic E-state index is 0.403. The van der Waals surface area contributed by atoms with Crippen LogP contribution in [0.4, 0.5) is 0 Å². The van der Waals surface area contributed by atoms with E-state index in [0.29, 0.717) is 5.92 Å². The summed E-state index contributed by atoms with van der Waals surface area (Å²) < 4.78 is 0. The molecule has 0 aromatic carbocycles. The molecule has 0 aromatic rings. The van der Waals surface area contributed by atoms with E-state index in [4.69, 9.17) is 0 Å². The third-order valence-corrected chi connectivity index (χ3v) is 4.29. The number of rotatable bonds is 2. The van der Waals surface area contributed by atoms with Gasteiger partial charge < -0.3 is 10.4 Å². The maximum atomic E-state index is 11.6. The maximum absolute atomic E-state index is 11.6. The molecule has 1 saturated carbocycles. The lowest BCUT2D eigenvalue weighted by Crippen LogP contribution is -2.38. The van der Waals surface area contributed by atoms with Gasteiger partial charge in [0.15, 0.2) is 0 Å². The second-order valence-corrected chi connectivity index (χ2v) is 5.05. The van der Waals surface area contributed by atoms with Crippen LogP contribution < -0.4 is 5.32 Å². The van der Waals surface area contributed by atoms with Crippen molar-refractivity contribution in [2.24, 2.45) is 11.3 Å². The van der Waals surface area contributed by atoms with Gasteiger partial charge in [-0.15, -0.1) is 0 Å². The van der Waals surface area contributed by atoms with E-state index in [9.17, 15) is 9.90 Å². The first-order valence-corrected chi connectivity index (χ1v) is 6.20. The van der Waals surface area contributed by atoms with Crippen molar-refractivity contribution in [1.82, 2.24) is 5.32 Å². The molecule has 2 aliphatic rings. The summed E-state index contributed by atoms with van der Waals surface area (Å²) in [5, 5.41) is 12.9. The van der Waals surface area contributed by atoms with Gasteiger partial charge in [0.25, 0.3) is 0 Å². The molecule has 0 radical (unpaired) electrons. The van der Waals surface area contributed by atoms with Gasteiger partial charge in [-0.3, -0.25) is 4.79 Å². The molecule has 2 rings (SSSR count). The van der Waals surface area contributed by atoms with Crippen molar-refractivity contribution in [1.29, 1.82) is 0 Å². The second-order valence-electron chi connectivity index (χ2n) is 5.05. The maximum Gasteiger partial charge on any atom is 0.309 e. The number of carboxylic acids is 1. The van der Waals surface area contributed by atoms with E-state index in [2.05, 4.69) is 5.32 Å². The van der Waals surface area contributed by atoms with Gasteiger partial charge >= 0.3 is 5.97 Å². The molecule has 0 amide bonds. The van der Waals surface area contributed by atoms with E-state index in [1.165, 1.54) is 12.8 Å². The van der Waals surface area contributed by atoms with Crippen LogP contribution in [0.5, 0.6) is 0 Å². The van der Waals surface area contributed by atoms with Crippen LogP contribution >= 0.6 is 0 Å². The number of nitrogens with one attached hydrogen (secondary N) is 1. The van der Waals surface area contributed by atoms with E-state index in [1.54, 1.807) is 0 Å². The van der Waals surface area contributed by atoms with E-state index in [-0.39, 0.29) is 0 Å². The molecule has 0 bridgehead atoms. The normalized spacial score (nSPS) is 33.9. The average Bonchev–Trinajstić information content (AvgIpc) is 2.63. The van der Waals surface area contributed by atoms with Crippen molar-refractivity contribution in [2.45, 2.75) is 44.9 Å². The molecule has 15 heavy (non-hydrogen) atoms. The van der Waals surface area contributed by atoms with Crippen LogP contribution in [-0.4, -0.2) is 24.2 Å². The van der Waals surface area contributed by atoms with Gasteiger partial charge in [0.2, 0.25) is 0 Å². The zero-order valence-electron chi connectivity index (χ0n) is 9.30. The Kier molecular flexibility index (Phi) is 3.29. The lowest BCUT2D eigenvalue weighted by atomic mass is 9.69. The first kappa shape index (κ1) is 10.9. The molecule has 1 aliphatic carbocycles. The summed E-state index contributed by atoms with van der Waals surface area (Å²) >= 11 is 0. The fourth-order valence-electron chi connectivity index (χ4n) is 3.37. The van der Waals surface area contributed by atoms with Crippen molar-refractivity contribution in [2.75, 3.05) is 13.1 Å². The summed E-state index contributed by atoms with van der Waals surface area (Å²) in [4.78, 5) is 11.6. The number of aliphatic carboxylic acids is 1. The Morgan fingerprint density at radius 3 is 2.53 bits per heavy atom. The van der Waals surface area contributed by atoms with E-state index < -0.39 is 11.4 Å². The summed E-state index contributed by atoms with van der Waals surface area (Å²) in [7, 11) is 0. The minimum Gasteiger partial charge on any atom is -0.481 e. The zero-order valence-corrected chi connectivity index (χ0v) is 9.30. The van der Waals surface area contributed by atoms with Crippen molar-refractivity contribution in [3.05, 3.63) is 0 Å². The number of hydrogen-bond acceptors (Lipinski definition) is 2. The van der Waals surface area contributed by atoms with Gasteiger partial charge in [-0.05, 0) is 51.1 Å². The fraction of sp³-hybridized carbons (Fsp3) is 0.917. The molecule has 0 spiro atoms. The highest BCUT2D eigenvalue weighted by atomic mass is 16.4. The molecule has 3 heteroatoms. The molecule has 86 valence electrons. The number of hydrogen-bond donors (Lipinski definition) is 2. The molecule has 1 heterocycles. The highest BCUT2D eigenvalue weighted by Crippen LogP contribution is 2.46. The van der Waals surface area contributed by atoms with Crippen molar-refractivity contribution in [3.8, 4) is 0 Å².